The van der Waals surface area contributed by atoms with Gasteiger partial charge in [-0.05, 0) is 63.4 Å². The highest BCUT2D eigenvalue weighted by Gasteiger charge is 2.08. The summed E-state index contributed by atoms with van der Waals surface area (Å²) in [5, 5.41) is 0. The van der Waals surface area contributed by atoms with Crippen LogP contribution in [0.15, 0.2) is 0 Å². The van der Waals surface area contributed by atoms with Crippen LogP contribution in [0.5, 0.6) is 0 Å². The van der Waals surface area contributed by atoms with Crippen LogP contribution in [-0.4, -0.2) is 176 Å². The van der Waals surface area contributed by atoms with Gasteiger partial charge < -0.3 is 29.4 Å². The topological polar surface area (TPSA) is 22.7 Å². The molecular weight excluding hydrogens is 350 g/mol. The van der Waals surface area contributed by atoms with E-state index in [2.05, 4.69) is 97.7 Å². The summed E-state index contributed by atoms with van der Waals surface area (Å²) < 4.78 is 0. The molecule has 0 amide bonds. The fraction of sp³-hybridized carbons (Fsp3) is 1.00. The van der Waals surface area contributed by atoms with Crippen LogP contribution in [0.3, 0.4) is 0 Å². The number of likely N-dealkylation sites (N-methyl/N-ethyl adjacent to an activating group) is 6. The summed E-state index contributed by atoms with van der Waals surface area (Å²) in [6.45, 7) is 14.1. The average Bonchev–Trinajstić information content (AvgIpc) is 2.68. The van der Waals surface area contributed by atoms with E-state index in [0.29, 0.717) is 0 Å². The highest BCUT2D eigenvalue weighted by atomic mass is 15.2. The van der Waals surface area contributed by atoms with E-state index in [-0.39, 0.29) is 0 Å². The maximum Gasteiger partial charge on any atom is 0.0110 e. The summed E-state index contributed by atoms with van der Waals surface area (Å²) in [4.78, 5) is 16.5. The van der Waals surface area contributed by atoms with Gasteiger partial charge in [-0.3, -0.25) is 4.90 Å². The molecule has 0 saturated carbocycles. The van der Waals surface area contributed by atoms with Crippen LogP contribution in [0.1, 0.15) is 0 Å². The van der Waals surface area contributed by atoms with Crippen LogP contribution in [0.2, 0.25) is 0 Å². The van der Waals surface area contributed by atoms with E-state index in [4.69, 9.17) is 0 Å². The van der Waals surface area contributed by atoms with Crippen LogP contribution in [0, 0.1) is 0 Å². The van der Waals surface area contributed by atoms with Gasteiger partial charge in [0.2, 0.25) is 0 Å². The molecule has 1 fully saturated rings. The third-order valence-electron chi connectivity index (χ3n) is 5.18. The molecule has 170 valence electrons. The molecule has 0 radical (unpaired) electrons. The van der Waals surface area contributed by atoms with Gasteiger partial charge in [-0.15, -0.1) is 0 Å². The van der Waals surface area contributed by atoms with E-state index in [0.717, 1.165) is 39.3 Å². The first-order chi connectivity index (χ1) is 13.1. The maximum absolute atomic E-state index is 2.54. The van der Waals surface area contributed by atoms with Crippen molar-refractivity contribution >= 4 is 0 Å². The zero-order chi connectivity index (χ0) is 21.5. The molecule has 1 rings (SSSR count). The van der Waals surface area contributed by atoms with Crippen molar-refractivity contribution < 1.29 is 0 Å². The average molecular weight is 402 g/mol. The van der Waals surface area contributed by atoms with Crippen molar-refractivity contribution in [3.8, 4) is 0 Å². The first-order valence-electron chi connectivity index (χ1n) is 10.8. The molecule has 0 aromatic carbocycles. The van der Waals surface area contributed by atoms with Crippen molar-refractivity contribution in [2.75, 3.05) is 142 Å². The Labute approximate surface area is 176 Å². The lowest BCUT2D eigenvalue weighted by Gasteiger charge is -2.26. The molecule has 28 heavy (non-hydrogen) atoms. The molecule has 0 aliphatic carbocycles. The largest absolute Gasteiger partial charge is 0.308 e. The fourth-order valence-electron chi connectivity index (χ4n) is 2.72. The molecule has 7 nitrogen and oxygen atoms in total. The first-order valence-corrected chi connectivity index (χ1v) is 10.8. The van der Waals surface area contributed by atoms with E-state index in [9.17, 15) is 0 Å². The van der Waals surface area contributed by atoms with Gasteiger partial charge in [-0.2, -0.15) is 0 Å². The van der Waals surface area contributed by atoms with Crippen molar-refractivity contribution in [3.63, 3.8) is 0 Å². The Hall–Kier alpha value is -0.280. The predicted molar refractivity (Wildman–Crippen MR) is 125 cm³/mol. The van der Waals surface area contributed by atoms with Crippen LogP contribution in [-0.2, 0) is 0 Å². The van der Waals surface area contributed by atoms with Crippen LogP contribution >= 0.6 is 0 Å². The molecule has 0 atom stereocenters. The Balaban J connectivity index is 0.000000540. The second-order valence-corrected chi connectivity index (χ2v) is 9.16. The van der Waals surface area contributed by atoms with E-state index in [1.165, 1.54) is 39.3 Å². The third-order valence-corrected chi connectivity index (χ3v) is 5.18. The van der Waals surface area contributed by atoms with Crippen LogP contribution in [0.4, 0.5) is 0 Å². The molecule has 0 spiro atoms. The minimum Gasteiger partial charge on any atom is -0.308 e. The lowest BCUT2D eigenvalue weighted by molar-refractivity contribution is 0.201. The monoisotopic (exact) mass is 401 g/mol. The van der Waals surface area contributed by atoms with Gasteiger partial charge in [0.15, 0.2) is 0 Å². The van der Waals surface area contributed by atoms with E-state index in [1.54, 1.807) is 0 Å². The standard InChI is InChI=1S/C12H30N4.C9H21N3/c1-13(2)7-10-16(11-8-14(3)4)12-9-15(5)6;1-10-4-6-11(2)8-9-12(3)7-5-10/h7-12H2,1-6H3;4-9H2,1-3H3. The Morgan fingerprint density at radius 3 is 0.821 bits per heavy atom. The summed E-state index contributed by atoms with van der Waals surface area (Å²) in [5.41, 5.74) is 0. The summed E-state index contributed by atoms with van der Waals surface area (Å²) in [7, 11) is 19.4. The highest BCUT2D eigenvalue weighted by Crippen LogP contribution is 1.94. The second-order valence-electron chi connectivity index (χ2n) is 9.16. The minimum absolute atomic E-state index is 1.14. The lowest BCUT2D eigenvalue weighted by Crippen LogP contribution is -2.40. The molecule has 7 heteroatoms. The SMILES string of the molecule is CN(C)CCN(CCN(C)C)CCN(C)C.CN1CCN(C)CCN(C)CC1. The quantitative estimate of drug-likeness (QED) is 0.526. The zero-order valence-corrected chi connectivity index (χ0v) is 20.6. The van der Waals surface area contributed by atoms with Crippen molar-refractivity contribution in [2.45, 2.75) is 0 Å². The van der Waals surface area contributed by atoms with Gasteiger partial charge in [-0.1, -0.05) is 0 Å². The maximum atomic E-state index is 2.54. The highest BCUT2D eigenvalue weighted by molar-refractivity contribution is 4.65. The molecule has 0 aromatic rings. The van der Waals surface area contributed by atoms with Crippen molar-refractivity contribution in [2.24, 2.45) is 0 Å². The van der Waals surface area contributed by atoms with Crippen molar-refractivity contribution in [1.29, 1.82) is 0 Å². The smallest absolute Gasteiger partial charge is 0.0110 e. The van der Waals surface area contributed by atoms with Crippen molar-refractivity contribution in [3.05, 3.63) is 0 Å². The molecule has 1 heterocycles. The number of rotatable bonds is 9. The molecule has 0 bridgehead atoms. The first kappa shape index (κ1) is 27.7. The molecule has 1 aliphatic rings. The number of hydrogen-bond acceptors (Lipinski definition) is 7. The molecule has 0 unspecified atom stereocenters. The van der Waals surface area contributed by atoms with E-state index >= 15 is 0 Å². The summed E-state index contributed by atoms with van der Waals surface area (Å²) in [5.74, 6) is 0. The fourth-order valence-corrected chi connectivity index (χ4v) is 2.72. The Bertz CT molecular complexity index is 285. The van der Waals surface area contributed by atoms with Gasteiger partial charge in [0.05, 0.1) is 0 Å². The van der Waals surface area contributed by atoms with Gasteiger partial charge >= 0.3 is 0 Å². The summed E-state index contributed by atoms with van der Waals surface area (Å²) in [6.07, 6.45) is 0. The predicted octanol–water partition coefficient (Wildman–Crippen LogP) is -0.231. The molecule has 0 N–H and O–H groups in total. The Morgan fingerprint density at radius 2 is 0.643 bits per heavy atom. The third kappa shape index (κ3) is 17.8. The van der Waals surface area contributed by atoms with Gasteiger partial charge in [0.1, 0.15) is 0 Å². The van der Waals surface area contributed by atoms with E-state index < -0.39 is 0 Å². The zero-order valence-electron chi connectivity index (χ0n) is 20.6. The van der Waals surface area contributed by atoms with Crippen LogP contribution in [0.25, 0.3) is 0 Å². The second kappa shape index (κ2) is 16.5. The van der Waals surface area contributed by atoms with Crippen molar-refractivity contribution in [1.82, 2.24) is 34.3 Å². The normalized spacial score (nSPS) is 18.3. The minimum atomic E-state index is 1.14. The Morgan fingerprint density at radius 1 is 0.429 bits per heavy atom. The van der Waals surface area contributed by atoms with E-state index in [1.807, 2.05) is 0 Å². The summed E-state index contributed by atoms with van der Waals surface area (Å²) >= 11 is 0. The van der Waals surface area contributed by atoms with Gasteiger partial charge in [0, 0.05) is 78.5 Å². The molecule has 1 aliphatic heterocycles. The van der Waals surface area contributed by atoms with Gasteiger partial charge in [0.25, 0.3) is 0 Å². The molecule has 1 saturated heterocycles. The molecule has 0 aromatic heterocycles. The summed E-state index contributed by atoms with van der Waals surface area (Å²) in [6, 6.07) is 0. The Kier molecular flexibility index (Phi) is 16.3. The van der Waals surface area contributed by atoms with Gasteiger partial charge in [-0.25, -0.2) is 0 Å². The number of hydrogen-bond donors (Lipinski definition) is 0. The lowest BCUT2D eigenvalue weighted by atomic mass is 10.4. The number of nitrogens with zero attached hydrogens (tertiary/aromatic N) is 7. The molecular formula is C21H51N7. The van der Waals surface area contributed by atoms with Crippen LogP contribution < -0.4 is 0 Å².